The van der Waals surface area contributed by atoms with Crippen LogP contribution in [-0.4, -0.2) is 36.9 Å². The third kappa shape index (κ3) is 3.54. The molecule has 0 amide bonds. The molecule has 1 N–H and O–H groups in total. The fraction of sp³-hybridized carbons (Fsp3) is 0.357. The summed E-state index contributed by atoms with van der Waals surface area (Å²) in [6, 6.07) is 4.72. The number of carbonyl (C=O) groups is 1. The molecule has 0 aliphatic carbocycles. The molecule has 0 aromatic heterocycles. The van der Waals surface area contributed by atoms with Crippen LogP contribution in [0.3, 0.4) is 0 Å². The number of ether oxygens (including phenoxy) is 1. The number of nitrogens with zero attached hydrogens (tertiary/aromatic N) is 1. The van der Waals surface area contributed by atoms with Gasteiger partial charge in [-0.2, -0.15) is 0 Å². The maximum Gasteiger partial charge on any atom is 0.328 e. The normalized spacial score (nSPS) is 19.9. The highest BCUT2D eigenvalue weighted by Crippen LogP contribution is 2.23. The van der Waals surface area contributed by atoms with E-state index >= 15 is 0 Å². The summed E-state index contributed by atoms with van der Waals surface area (Å²) in [5.41, 5.74) is 1.06. The molecule has 1 heterocycles. The van der Waals surface area contributed by atoms with Crippen molar-refractivity contribution >= 4 is 17.7 Å². The molecule has 1 aromatic carbocycles. The first kappa shape index (κ1) is 13.5. The van der Waals surface area contributed by atoms with Crippen LogP contribution in [0.15, 0.2) is 24.3 Å². The van der Waals surface area contributed by atoms with E-state index in [-0.39, 0.29) is 11.9 Å². The van der Waals surface area contributed by atoms with Crippen LogP contribution < -0.4 is 4.90 Å². The number of benzene rings is 1. The standard InChI is InChI=1S/C14H16FNO3/c1-10-9-16(6-7-19-10)13-4-2-11(8-12(13)15)3-5-14(17)18/h2-5,8,10H,6-7,9H2,1H3,(H,17,18)/b5-3+. The quantitative estimate of drug-likeness (QED) is 0.851. The van der Waals surface area contributed by atoms with Crippen LogP contribution in [0, 0.1) is 5.82 Å². The van der Waals surface area contributed by atoms with Crippen LogP contribution in [-0.2, 0) is 9.53 Å². The van der Waals surface area contributed by atoms with Gasteiger partial charge in [0.25, 0.3) is 0 Å². The van der Waals surface area contributed by atoms with Crippen LogP contribution in [0.1, 0.15) is 12.5 Å². The SMILES string of the molecule is CC1CN(c2ccc(/C=C/C(=O)O)cc2F)CCO1. The summed E-state index contributed by atoms with van der Waals surface area (Å²) in [5, 5.41) is 8.53. The van der Waals surface area contributed by atoms with Gasteiger partial charge >= 0.3 is 5.97 Å². The minimum absolute atomic E-state index is 0.0831. The molecule has 2 rings (SSSR count). The van der Waals surface area contributed by atoms with Crippen LogP contribution >= 0.6 is 0 Å². The maximum atomic E-state index is 14.0. The maximum absolute atomic E-state index is 14.0. The Morgan fingerprint density at radius 1 is 1.58 bits per heavy atom. The molecule has 1 saturated heterocycles. The first-order valence-electron chi connectivity index (χ1n) is 6.13. The van der Waals surface area contributed by atoms with Crippen molar-refractivity contribution in [2.75, 3.05) is 24.6 Å². The van der Waals surface area contributed by atoms with E-state index < -0.39 is 5.97 Å². The van der Waals surface area contributed by atoms with Gasteiger partial charge in [-0.1, -0.05) is 6.07 Å². The Hall–Kier alpha value is -1.88. The topological polar surface area (TPSA) is 49.8 Å². The molecule has 1 fully saturated rings. The van der Waals surface area contributed by atoms with E-state index in [4.69, 9.17) is 9.84 Å². The van der Waals surface area contributed by atoms with E-state index in [1.165, 1.54) is 12.1 Å². The highest BCUT2D eigenvalue weighted by Gasteiger charge is 2.19. The smallest absolute Gasteiger partial charge is 0.328 e. The number of hydrogen-bond donors (Lipinski definition) is 1. The van der Waals surface area contributed by atoms with Gasteiger partial charge in [0, 0.05) is 19.2 Å². The largest absolute Gasteiger partial charge is 0.478 e. The zero-order valence-corrected chi connectivity index (χ0v) is 10.7. The van der Waals surface area contributed by atoms with Gasteiger partial charge in [-0.3, -0.25) is 0 Å². The monoisotopic (exact) mass is 265 g/mol. The molecule has 1 aliphatic rings. The first-order chi connectivity index (χ1) is 9.06. The van der Waals surface area contributed by atoms with Gasteiger partial charge in [0.05, 0.1) is 18.4 Å². The molecule has 5 heteroatoms. The van der Waals surface area contributed by atoms with Gasteiger partial charge in [0.1, 0.15) is 5.82 Å². The van der Waals surface area contributed by atoms with Gasteiger partial charge in [-0.25, -0.2) is 9.18 Å². The minimum atomic E-state index is -1.05. The van der Waals surface area contributed by atoms with Gasteiger partial charge in [0.15, 0.2) is 0 Å². The number of carboxylic acids is 1. The number of anilines is 1. The van der Waals surface area contributed by atoms with E-state index in [0.717, 1.165) is 6.08 Å². The summed E-state index contributed by atoms with van der Waals surface area (Å²) in [5.74, 6) is -1.40. The first-order valence-corrected chi connectivity index (χ1v) is 6.13. The minimum Gasteiger partial charge on any atom is -0.478 e. The molecule has 4 nitrogen and oxygen atoms in total. The van der Waals surface area contributed by atoms with E-state index in [2.05, 4.69) is 0 Å². The van der Waals surface area contributed by atoms with E-state index in [1.807, 2.05) is 11.8 Å². The summed E-state index contributed by atoms with van der Waals surface area (Å²) in [7, 11) is 0. The summed E-state index contributed by atoms with van der Waals surface area (Å²) in [6.07, 6.45) is 2.45. The number of rotatable bonds is 3. The van der Waals surface area contributed by atoms with Crippen LogP contribution in [0.5, 0.6) is 0 Å². The fourth-order valence-electron chi connectivity index (χ4n) is 2.09. The number of halogens is 1. The Morgan fingerprint density at radius 3 is 3.00 bits per heavy atom. The van der Waals surface area contributed by atoms with Crippen molar-refractivity contribution in [3.05, 3.63) is 35.7 Å². The van der Waals surface area contributed by atoms with Crippen molar-refractivity contribution in [2.24, 2.45) is 0 Å². The van der Waals surface area contributed by atoms with Gasteiger partial charge in [-0.15, -0.1) is 0 Å². The molecule has 1 unspecified atom stereocenters. The average molecular weight is 265 g/mol. The second-order valence-electron chi connectivity index (χ2n) is 4.51. The number of aliphatic carboxylic acids is 1. The zero-order valence-electron chi connectivity index (χ0n) is 10.7. The molecule has 0 saturated carbocycles. The second-order valence-corrected chi connectivity index (χ2v) is 4.51. The van der Waals surface area contributed by atoms with E-state index in [0.29, 0.717) is 30.9 Å². The highest BCUT2D eigenvalue weighted by molar-refractivity contribution is 5.85. The highest BCUT2D eigenvalue weighted by atomic mass is 19.1. The number of morpholine rings is 1. The van der Waals surface area contributed by atoms with Crippen molar-refractivity contribution < 1.29 is 19.0 Å². The number of carboxylic acid groups (broad SMARTS) is 1. The van der Waals surface area contributed by atoms with Gasteiger partial charge < -0.3 is 14.7 Å². The van der Waals surface area contributed by atoms with Crippen molar-refractivity contribution in [1.29, 1.82) is 0 Å². The lowest BCUT2D eigenvalue weighted by Crippen LogP contribution is -2.41. The zero-order chi connectivity index (χ0) is 13.8. The van der Waals surface area contributed by atoms with Crippen molar-refractivity contribution in [2.45, 2.75) is 13.0 Å². The molecule has 0 radical (unpaired) electrons. The molecule has 0 bridgehead atoms. The predicted molar refractivity (Wildman–Crippen MR) is 70.7 cm³/mol. The molecule has 1 aliphatic heterocycles. The van der Waals surface area contributed by atoms with Crippen molar-refractivity contribution in [3.8, 4) is 0 Å². The predicted octanol–water partition coefficient (Wildman–Crippen LogP) is 2.15. The van der Waals surface area contributed by atoms with E-state index in [1.54, 1.807) is 12.1 Å². The Labute approximate surface area is 111 Å². The van der Waals surface area contributed by atoms with Gasteiger partial charge in [0.2, 0.25) is 0 Å². The average Bonchev–Trinajstić information content (AvgIpc) is 2.36. The summed E-state index contributed by atoms with van der Waals surface area (Å²) < 4.78 is 19.4. The van der Waals surface area contributed by atoms with Gasteiger partial charge in [-0.05, 0) is 30.7 Å². The Kier molecular flexibility index (Phi) is 4.16. The lowest BCUT2D eigenvalue weighted by atomic mass is 10.1. The Morgan fingerprint density at radius 2 is 2.37 bits per heavy atom. The van der Waals surface area contributed by atoms with Crippen LogP contribution in [0.2, 0.25) is 0 Å². The molecule has 102 valence electrons. The molecule has 0 spiro atoms. The molecule has 1 aromatic rings. The Bertz CT molecular complexity index is 501. The van der Waals surface area contributed by atoms with Crippen molar-refractivity contribution in [1.82, 2.24) is 0 Å². The summed E-state index contributed by atoms with van der Waals surface area (Å²) >= 11 is 0. The van der Waals surface area contributed by atoms with Crippen LogP contribution in [0.25, 0.3) is 6.08 Å². The molecule has 19 heavy (non-hydrogen) atoms. The van der Waals surface area contributed by atoms with E-state index in [9.17, 15) is 9.18 Å². The Balaban J connectivity index is 2.17. The lowest BCUT2D eigenvalue weighted by Gasteiger charge is -2.33. The van der Waals surface area contributed by atoms with Crippen LogP contribution in [0.4, 0.5) is 10.1 Å². The third-order valence-corrected chi connectivity index (χ3v) is 2.97. The lowest BCUT2D eigenvalue weighted by molar-refractivity contribution is -0.131. The third-order valence-electron chi connectivity index (χ3n) is 2.97. The summed E-state index contributed by atoms with van der Waals surface area (Å²) in [6.45, 7) is 3.85. The second kappa shape index (κ2) is 5.84. The number of hydrogen-bond acceptors (Lipinski definition) is 3. The summed E-state index contributed by atoms with van der Waals surface area (Å²) in [4.78, 5) is 12.3. The molecule has 1 atom stereocenters. The fourth-order valence-corrected chi connectivity index (χ4v) is 2.09. The van der Waals surface area contributed by atoms with Crippen molar-refractivity contribution in [3.63, 3.8) is 0 Å². The molecular formula is C14H16FNO3. The molecular weight excluding hydrogens is 249 g/mol.